The number of benzene rings is 1. The van der Waals surface area contributed by atoms with E-state index in [-0.39, 0.29) is 27.0 Å². The molecule has 0 aliphatic heterocycles. The Hall–Kier alpha value is -0.530. The van der Waals surface area contributed by atoms with Gasteiger partial charge in [0, 0.05) is 12.2 Å². The molecule has 0 saturated heterocycles. The highest BCUT2D eigenvalue weighted by Crippen LogP contribution is 2.32. The normalized spacial score (nSPS) is 23.2. The molecule has 5 nitrogen and oxygen atoms in total. The van der Waals surface area contributed by atoms with Crippen LogP contribution in [0.2, 0.25) is 10.0 Å². The lowest BCUT2D eigenvalue weighted by Gasteiger charge is -2.25. The number of halogens is 2. The van der Waals surface area contributed by atoms with E-state index in [4.69, 9.17) is 28.9 Å². The molecule has 0 amide bonds. The fourth-order valence-corrected chi connectivity index (χ4v) is 4.83. The molecule has 1 aromatic carbocycles. The molecule has 0 spiro atoms. The van der Waals surface area contributed by atoms with E-state index in [0.717, 1.165) is 12.8 Å². The minimum Gasteiger partial charge on any atom is -0.399 e. The van der Waals surface area contributed by atoms with Gasteiger partial charge in [-0.25, -0.2) is 13.1 Å². The minimum atomic E-state index is -3.78. The number of hydrogen-bond donors (Lipinski definition) is 3. The number of nitrogen functional groups attached to an aromatic ring is 1. The van der Waals surface area contributed by atoms with Crippen LogP contribution in [0.4, 0.5) is 5.69 Å². The highest BCUT2D eigenvalue weighted by atomic mass is 35.5. The predicted octanol–water partition coefficient (Wildman–Crippen LogP) is 2.41. The maximum atomic E-state index is 12.3. The molecule has 0 bridgehead atoms. The summed E-state index contributed by atoms with van der Waals surface area (Å²) in [7, 11) is -3.78. The van der Waals surface area contributed by atoms with Crippen molar-refractivity contribution in [2.75, 3.05) is 12.3 Å². The van der Waals surface area contributed by atoms with E-state index in [1.807, 2.05) is 0 Å². The fraction of sp³-hybridized carbons (Fsp3) is 0.538. The lowest BCUT2D eigenvalue weighted by molar-refractivity contribution is 0.109. The van der Waals surface area contributed by atoms with Crippen molar-refractivity contribution in [2.45, 2.75) is 36.7 Å². The maximum Gasteiger partial charge on any atom is 0.243 e. The number of nitrogens with one attached hydrogen (secondary N) is 1. The summed E-state index contributed by atoms with van der Waals surface area (Å²) in [4.78, 5) is -0.143. The summed E-state index contributed by atoms with van der Waals surface area (Å²) in [5.41, 5.74) is 5.88. The zero-order valence-corrected chi connectivity index (χ0v) is 13.7. The first-order chi connectivity index (χ1) is 9.79. The van der Waals surface area contributed by atoms with Gasteiger partial charge >= 0.3 is 0 Å². The van der Waals surface area contributed by atoms with E-state index in [1.54, 1.807) is 0 Å². The molecule has 0 aromatic heterocycles. The van der Waals surface area contributed by atoms with Crippen molar-refractivity contribution >= 4 is 38.9 Å². The standard InChI is InChI=1S/C13H18Cl2N2O3S/c14-11-5-9(16)6-12(15)13(11)21(19,20)17-7-8-1-3-10(18)4-2-8/h5-6,8,10,17-18H,1-4,7,16H2. The van der Waals surface area contributed by atoms with E-state index in [0.29, 0.717) is 25.1 Å². The number of anilines is 1. The first-order valence-electron chi connectivity index (χ1n) is 6.72. The van der Waals surface area contributed by atoms with Crippen molar-refractivity contribution < 1.29 is 13.5 Å². The summed E-state index contributed by atoms with van der Waals surface area (Å²) in [5.74, 6) is 0.217. The summed E-state index contributed by atoms with van der Waals surface area (Å²) in [6, 6.07) is 2.72. The second-order valence-electron chi connectivity index (χ2n) is 5.34. The lowest BCUT2D eigenvalue weighted by atomic mass is 9.88. The van der Waals surface area contributed by atoms with Crippen LogP contribution in [-0.4, -0.2) is 26.2 Å². The van der Waals surface area contributed by atoms with Crippen molar-refractivity contribution in [3.8, 4) is 0 Å². The van der Waals surface area contributed by atoms with Crippen LogP contribution in [0.5, 0.6) is 0 Å². The van der Waals surface area contributed by atoms with Gasteiger partial charge in [-0.05, 0) is 43.7 Å². The van der Waals surface area contributed by atoms with Crippen LogP contribution in [0.3, 0.4) is 0 Å². The van der Waals surface area contributed by atoms with Crippen LogP contribution in [0.1, 0.15) is 25.7 Å². The van der Waals surface area contributed by atoms with E-state index >= 15 is 0 Å². The number of nitrogens with two attached hydrogens (primary N) is 1. The van der Waals surface area contributed by atoms with Crippen molar-refractivity contribution in [3.05, 3.63) is 22.2 Å². The van der Waals surface area contributed by atoms with Crippen molar-refractivity contribution in [1.82, 2.24) is 4.72 Å². The molecule has 0 unspecified atom stereocenters. The van der Waals surface area contributed by atoms with Gasteiger partial charge in [0.1, 0.15) is 4.90 Å². The van der Waals surface area contributed by atoms with Gasteiger partial charge < -0.3 is 10.8 Å². The second-order valence-corrected chi connectivity index (χ2v) is 7.86. The molecule has 21 heavy (non-hydrogen) atoms. The molecule has 0 atom stereocenters. The Labute approximate surface area is 134 Å². The van der Waals surface area contributed by atoms with Gasteiger partial charge in [-0.3, -0.25) is 0 Å². The highest BCUT2D eigenvalue weighted by Gasteiger charge is 2.25. The molecule has 8 heteroatoms. The van der Waals surface area contributed by atoms with Gasteiger partial charge in [-0.1, -0.05) is 23.2 Å². The summed E-state index contributed by atoms with van der Waals surface area (Å²) < 4.78 is 27.2. The summed E-state index contributed by atoms with van der Waals surface area (Å²) in [6.45, 7) is 0.312. The van der Waals surface area contributed by atoms with Gasteiger partial charge in [0.15, 0.2) is 0 Å². The smallest absolute Gasteiger partial charge is 0.243 e. The average Bonchev–Trinajstić information content (AvgIpc) is 2.36. The van der Waals surface area contributed by atoms with Crippen molar-refractivity contribution in [2.24, 2.45) is 5.92 Å². The molecule has 0 radical (unpaired) electrons. The zero-order valence-electron chi connectivity index (χ0n) is 11.4. The molecule has 1 aliphatic carbocycles. The van der Waals surface area contributed by atoms with Crippen LogP contribution in [0.15, 0.2) is 17.0 Å². The van der Waals surface area contributed by atoms with E-state index < -0.39 is 10.0 Å². The van der Waals surface area contributed by atoms with Crippen LogP contribution in [0, 0.1) is 5.92 Å². The van der Waals surface area contributed by atoms with E-state index in [2.05, 4.69) is 4.72 Å². The molecule has 1 aliphatic rings. The Morgan fingerprint density at radius 1 is 1.19 bits per heavy atom. The molecule has 1 saturated carbocycles. The molecule has 2 rings (SSSR count). The van der Waals surface area contributed by atoms with E-state index in [1.165, 1.54) is 12.1 Å². The molecule has 1 aromatic rings. The van der Waals surface area contributed by atoms with Crippen LogP contribution < -0.4 is 10.5 Å². The Morgan fingerprint density at radius 2 is 1.71 bits per heavy atom. The largest absolute Gasteiger partial charge is 0.399 e. The monoisotopic (exact) mass is 352 g/mol. The third kappa shape index (κ3) is 4.23. The quantitative estimate of drug-likeness (QED) is 0.725. The topological polar surface area (TPSA) is 92.4 Å². The molecule has 118 valence electrons. The number of hydrogen-bond acceptors (Lipinski definition) is 4. The number of aliphatic hydroxyl groups is 1. The molecular formula is C13H18Cl2N2O3S. The van der Waals surface area contributed by atoms with Crippen molar-refractivity contribution in [1.29, 1.82) is 0 Å². The Balaban J connectivity index is 2.09. The molecule has 1 fully saturated rings. The van der Waals surface area contributed by atoms with Crippen LogP contribution >= 0.6 is 23.2 Å². The van der Waals surface area contributed by atoms with E-state index in [9.17, 15) is 13.5 Å². The average molecular weight is 353 g/mol. The lowest BCUT2D eigenvalue weighted by Crippen LogP contribution is -2.32. The van der Waals surface area contributed by atoms with Gasteiger partial charge in [0.25, 0.3) is 0 Å². The number of sulfonamides is 1. The van der Waals surface area contributed by atoms with Gasteiger partial charge in [0.2, 0.25) is 10.0 Å². The van der Waals surface area contributed by atoms with Gasteiger partial charge in [0.05, 0.1) is 16.1 Å². The Kier molecular flexibility index (Phi) is 5.38. The first-order valence-corrected chi connectivity index (χ1v) is 8.96. The van der Waals surface area contributed by atoms with Gasteiger partial charge in [-0.15, -0.1) is 0 Å². The Bertz CT molecular complexity index is 591. The summed E-state index contributed by atoms with van der Waals surface area (Å²) in [5, 5.41) is 9.46. The summed E-state index contributed by atoms with van der Waals surface area (Å²) in [6.07, 6.45) is 2.74. The highest BCUT2D eigenvalue weighted by molar-refractivity contribution is 7.89. The van der Waals surface area contributed by atoms with Crippen LogP contribution in [0.25, 0.3) is 0 Å². The zero-order chi connectivity index (χ0) is 15.6. The number of aliphatic hydroxyl groups excluding tert-OH is 1. The van der Waals surface area contributed by atoms with Gasteiger partial charge in [-0.2, -0.15) is 0 Å². The van der Waals surface area contributed by atoms with Crippen molar-refractivity contribution in [3.63, 3.8) is 0 Å². The third-order valence-electron chi connectivity index (χ3n) is 3.67. The molecule has 4 N–H and O–H groups in total. The third-order valence-corrected chi connectivity index (χ3v) is 6.01. The second kappa shape index (κ2) is 6.71. The SMILES string of the molecule is Nc1cc(Cl)c(S(=O)(=O)NCC2CCC(O)CC2)c(Cl)c1. The molecular weight excluding hydrogens is 335 g/mol. The minimum absolute atomic E-state index is 0.00608. The summed E-state index contributed by atoms with van der Waals surface area (Å²) >= 11 is 11.9. The number of rotatable bonds is 4. The predicted molar refractivity (Wildman–Crippen MR) is 84.0 cm³/mol. The van der Waals surface area contributed by atoms with Crippen LogP contribution in [-0.2, 0) is 10.0 Å². The first kappa shape index (κ1) is 16.8. The fourth-order valence-electron chi connectivity index (χ4n) is 2.48. The molecule has 0 heterocycles. The Morgan fingerprint density at radius 3 is 2.24 bits per heavy atom. The maximum absolute atomic E-state index is 12.3.